The smallest absolute Gasteiger partial charge is 0.246 e. The second-order valence-electron chi connectivity index (χ2n) is 5.53. The van der Waals surface area contributed by atoms with Crippen molar-refractivity contribution in [3.8, 4) is 0 Å². The fraction of sp³-hybridized carbons (Fsp3) is 0.167. The summed E-state index contributed by atoms with van der Waals surface area (Å²) in [5.41, 5.74) is 2.67. The van der Waals surface area contributed by atoms with Gasteiger partial charge in [-0.1, -0.05) is 12.1 Å². The number of nitrogens with one attached hydrogen (secondary N) is 2. The summed E-state index contributed by atoms with van der Waals surface area (Å²) < 4.78 is 0. The maximum absolute atomic E-state index is 12.5. The van der Waals surface area contributed by atoms with E-state index >= 15 is 0 Å². The zero-order chi connectivity index (χ0) is 17.1. The Bertz CT molecular complexity index is 799. The Morgan fingerprint density at radius 1 is 1.12 bits per heavy atom. The number of rotatable bonds is 4. The zero-order valence-corrected chi connectivity index (χ0v) is 13.2. The number of carbonyl (C=O) groups is 3. The summed E-state index contributed by atoms with van der Waals surface area (Å²) >= 11 is 0. The Morgan fingerprint density at radius 2 is 1.83 bits per heavy atom. The molecule has 0 saturated heterocycles. The second kappa shape index (κ2) is 6.54. The molecular formula is C18H17N3O3. The molecule has 0 aliphatic carbocycles. The standard InChI is InChI=1S/C18H17N3O3/c1-12(22)20-14-8-6-13(7-9-14)17(23)11-21-16-5-3-2-4-15(16)19-10-18(21)24/h2-9,19H,10-11H2,1H3,(H,20,22). The lowest BCUT2D eigenvalue weighted by atomic mass is 10.1. The zero-order valence-electron chi connectivity index (χ0n) is 13.2. The van der Waals surface area contributed by atoms with Crippen molar-refractivity contribution in [3.63, 3.8) is 0 Å². The number of hydrogen-bond donors (Lipinski definition) is 2. The fourth-order valence-corrected chi connectivity index (χ4v) is 2.61. The number of carbonyl (C=O) groups excluding carboxylic acids is 3. The van der Waals surface area contributed by atoms with Crippen molar-refractivity contribution in [2.24, 2.45) is 0 Å². The minimum Gasteiger partial charge on any atom is -0.374 e. The number of Topliss-reactive ketones (excluding diaryl/α,β-unsaturated/α-hetero) is 1. The fourth-order valence-electron chi connectivity index (χ4n) is 2.61. The molecule has 2 amide bonds. The average molecular weight is 323 g/mol. The molecule has 2 aromatic carbocycles. The quantitative estimate of drug-likeness (QED) is 0.846. The van der Waals surface area contributed by atoms with Gasteiger partial charge in [-0.2, -0.15) is 0 Å². The summed E-state index contributed by atoms with van der Waals surface area (Å²) in [6.45, 7) is 1.58. The van der Waals surface area contributed by atoms with E-state index in [0.717, 1.165) is 5.69 Å². The second-order valence-corrected chi connectivity index (χ2v) is 5.53. The summed E-state index contributed by atoms with van der Waals surface area (Å²) in [7, 11) is 0. The monoisotopic (exact) mass is 323 g/mol. The summed E-state index contributed by atoms with van der Waals surface area (Å²) in [5.74, 6) is -0.469. The van der Waals surface area contributed by atoms with Gasteiger partial charge < -0.3 is 15.5 Å². The predicted octanol–water partition coefficient (Wildman–Crippen LogP) is 2.29. The van der Waals surface area contributed by atoms with Crippen molar-refractivity contribution in [2.45, 2.75) is 6.92 Å². The van der Waals surface area contributed by atoms with Crippen molar-refractivity contribution in [1.82, 2.24) is 0 Å². The van der Waals surface area contributed by atoms with Crippen LogP contribution in [0.3, 0.4) is 0 Å². The Labute approximate surface area is 139 Å². The number of anilines is 3. The van der Waals surface area contributed by atoms with Crippen LogP contribution in [-0.4, -0.2) is 30.7 Å². The van der Waals surface area contributed by atoms with Crippen LogP contribution in [-0.2, 0) is 9.59 Å². The van der Waals surface area contributed by atoms with E-state index in [4.69, 9.17) is 0 Å². The SMILES string of the molecule is CC(=O)Nc1ccc(C(=O)CN2C(=O)CNc3ccccc32)cc1. The van der Waals surface area contributed by atoms with Crippen LogP contribution in [0.2, 0.25) is 0 Å². The molecule has 0 radical (unpaired) electrons. The maximum Gasteiger partial charge on any atom is 0.246 e. The van der Waals surface area contributed by atoms with Crippen LogP contribution < -0.4 is 15.5 Å². The molecule has 0 aromatic heterocycles. The Hall–Kier alpha value is -3.15. The van der Waals surface area contributed by atoms with E-state index in [1.165, 1.54) is 11.8 Å². The van der Waals surface area contributed by atoms with Gasteiger partial charge in [-0.15, -0.1) is 0 Å². The van der Waals surface area contributed by atoms with E-state index < -0.39 is 0 Å². The van der Waals surface area contributed by atoms with E-state index in [0.29, 0.717) is 16.9 Å². The molecule has 6 heteroatoms. The lowest BCUT2D eigenvalue weighted by Crippen LogP contribution is -2.42. The highest BCUT2D eigenvalue weighted by Crippen LogP contribution is 2.29. The minimum absolute atomic E-state index is 0.0169. The number of amides is 2. The van der Waals surface area contributed by atoms with Crippen molar-refractivity contribution >= 4 is 34.7 Å². The van der Waals surface area contributed by atoms with Crippen LogP contribution >= 0.6 is 0 Å². The Balaban J connectivity index is 1.77. The van der Waals surface area contributed by atoms with Crippen LogP contribution in [0.25, 0.3) is 0 Å². The minimum atomic E-state index is -0.169. The number of ketones is 1. The van der Waals surface area contributed by atoms with Crippen molar-refractivity contribution in [3.05, 3.63) is 54.1 Å². The normalized spacial score (nSPS) is 13.0. The van der Waals surface area contributed by atoms with Gasteiger partial charge in [0.2, 0.25) is 11.8 Å². The number of nitrogens with zero attached hydrogens (tertiary/aromatic N) is 1. The molecular weight excluding hydrogens is 306 g/mol. The van der Waals surface area contributed by atoms with E-state index in [1.54, 1.807) is 24.3 Å². The van der Waals surface area contributed by atoms with E-state index in [-0.39, 0.29) is 30.7 Å². The molecule has 0 fully saturated rings. The van der Waals surface area contributed by atoms with E-state index in [1.807, 2.05) is 24.3 Å². The summed E-state index contributed by atoms with van der Waals surface area (Å²) in [4.78, 5) is 37.2. The van der Waals surface area contributed by atoms with Gasteiger partial charge in [-0.05, 0) is 36.4 Å². The van der Waals surface area contributed by atoms with Crippen molar-refractivity contribution < 1.29 is 14.4 Å². The number of benzene rings is 2. The number of fused-ring (bicyclic) bond motifs is 1. The Morgan fingerprint density at radius 3 is 2.54 bits per heavy atom. The maximum atomic E-state index is 12.5. The highest BCUT2D eigenvalue weighted by molar-refractivity contribution is 6.09. The third-order valence-corrected chi connectivity index (χ3v) is 3.75. The molecule has 122 valence electrons. The van der Waals surface area contributed by atoms with Crippen molar-refractivity contribution in [1.29, 1.82) is 0 Å². The van der Waals surface area contributed by atoms with E-state index in [9.17, 15) is 14.4 Å². The first-order chi connectivity index (χ1) is 11.5. The molecule has 2 aromatic rings. The summed E-state index contributed by atoms with van der Waals surface area (Å²) in [6, 6.07) is 14.0. The van der Waals surface area contributed by atoms with Gasteiger partial charge in [-0.25, -0.2) is 0 Å². The molecule has 24 heavy (non-hydrogen) atoms. The predicted molar refractivity (Wildman–Crippen MR) is 92.4 cm³/mol. The largest absolute Gasteiger partial charge is 0.374 e. The lowest BCUT2D eigenvalue weighted by molar-refractivity contribution is -0.117. The first-order valence-corrected chi connectivity index (χ1v) is 7.59. The first-order valence-electron chi connectivity index (χ1n) is 7.59. The number of para-hydroxylation sites is 2. The van der Waals surface area contributed by atoms with Crippen LogP contribution in [0.5, 0.6) is 0 Å². The third kappa shape index (κ3) is 3.27. The van der Waals surface area contributed by atoms with Crippen LogP contribution in [0.4, 0.5) is 17.1 Å². The van der Waals surface area contributed by atoms with Gasteiger partial charge in [0.25, 0.3) is 0 Å². The molecule has 3 rings (SSSR count). The van der Waals surface area contributed by atoms with Gasteiger partial charge in [0.1, 0.15) is 0 Å². The highest BCUT2D eigenvalue weighted by atomic mass is 16.2. The van der Waals surface area contributed by atoms with Crippen LogP contribution in [0, 0.1) is 0 Å². The van der Waals surface area contributed by atoms with Gasteiger partial charge in [-0.3, -0.25) is 14.4 Å². The van der Waals surface area contributed by atoms with Gasteiger partial charge in [0, 0.05) is 18.2 Å². The molecule has 1 heterocycles. The first kappa shape index (κ1) is 15.7. The molecule has 1 aliphatic heterocycles. The lowest BCUT2D eigenvalue weighted by Gasteiger charge is -2.29. The summed E-state index contributed by atoms with van der Waals surface area (Å²) in [5, 5.41) is 5.69. The van der Waals surface area contributed by atoms with Gasteiger partial charge in [0.15, 0.2) is 5.78 Å². The van der Waals surface area contributed by atoms with Gasteiger partial charge in [0.05, 0.1) is 24.5 Å². The number of hydrogen-bond acceptors (Lipinski definition) is 4. The molecule has 0 unspecified atom stereocenters. The van der Waals surface area contributed by atoms with E-state index in [2.05, 4.69) is 10.6 Å². The van der Waals surface area contributed by atoms with Crippen molar-refractivity contribution in [2.75, 3.05) is 28.6 Å². The summed E-state index contributed by atoms with van der Waals surface area (Å²) in [6.07, 6.45) is 0. The molecule has 1 aliphatic rings. The highest BCUT2D eigenvalue weighted by Gasteiger charge is 2.25. The molecule has 0 bridgehead atoms. The third-order valence-electron chi connectivity index (χ3n) is 3.75. The van der Waals surface area contributed by atoms with Gasteiger partial charge >= 0.3 is 0 Å². The topological polar surface area (TPSA) is 78.5 Å². The molecule has 0 saturated carbocycles. The average Bonchev–Trinajstić information content (AvgIpc) is 2.57. The van der Waals surface area contributed by atoms with Crippen LogP contribution in [0.15, 0.2) is 48.5 Å². The molecule has 2 N–H and O–H groups in total. The molecule has 0 spiro atoms. The Kier molecular flexibility index (Phi) is 4.29. The van der Waals surface area contributed by atoms with Crippen LogP contribution in [0.1, 0.15) is 17.3 Å². The molecule has 0 atom stereocenters. The molecule has 6 nitrogen and oxygen atoms in total.